The molecule has 0 radical (unpaired) electrons. The van der Waals surface area contributed by atoms with E-state index in [9.17, 15) is 31.9 Å². The quantitative estimate of drug-likeness (QED) is 0.147. The minimum atomic E-state index is -0.690. The average Bonchev–Trinajstić information content (AvgIpc) is 3.96. The predicted octanol–water partition coefficient (Wildman–Crippen LogP) is 7.13. The molecule has 2 aliphatic carbocycles. The Labute approximate surface area is 316 Å². The van der Waals surface area contributed by atoms with Crippen molar-refractivity contribution in [1.82, 2.24) is 30.2 Å². The Bertz CT molecular complexity index is 1890. The number of nitrogens with zero attached hydrogens (tertiary/aromatic N) is 4. The van der Waals surface area contributed by atoms with Crippen molar-refractivity contribution in [3.05, 3.63) is 107 Å². The van der Waals surface area contributed by atoms with Crippen LogP contribution in [0.1, 0.15) is 96.3 Å². The van der Waals surface area contributed by atoms with E-state index in [4.69, 9.17) is 9.47 Å². The first kappa shape index (κ1) is 39.8. The molecule has 2 saturated carbocycles. The van der Waals surface area contributed by atoms with E-state index in [1.165, 1.54) is 17.0 Å². The van der Waals surface area contributed by atoms with E-state index in [1.54, 1.807) is 41.3 Å². The van der Waals surface area contributed by atoms with Crippen molar-refractivity contribution in [1.29, 1.82) is 0 Å². The van der Waals surface area contributed by atoms with Crippen LogP contribution in [0.2, 0.25) is 0 Å². The first-order valence-corrected chi connectivity index (χ1v) is 18.8. The number of rotatable bonds is 12. The van der Waals surface area contributed by atoms with Gasteiger partial charge in [-0.15, -0.1) is 0 Å². The molecule has 15 heteroatoms. The lowest BCUT2D eigenvalue weighted by Crippen LogP contribution is -2.37. The van der Waals surface area contributed by atoms with Crippen LogP contribution in [0, 0.1) is 35.4 Å². The number of hydrogen-bond donors (Lipinski definition) is 2. The molecule has 294 valence electrons. The minimum absolute atomic E-state index is 0.00538. The van der Waals surface area contributed by atoms with Crippen molar-refractivity contribution in [3.8, 4) is 0 Å². The summed E-state index contributed by atoms with van der Waals surface area (Å²) in [6.07, 6.45) is 7.91. The number of amides is 2. The van der Waals surface area contributed by atoms with Gasteiger partial charge in [0.1, 0.15) is 17.4 Å². The van der Waals surface area contributed by atoms with Crippen molar-refractivity contribution in [2.24, 2.45) is 11.8 Å². The molecule has 7 rings (SSSR count). The summed E-state index contributed by atoms with van der Waals surface area (Å²) in [5.41, 5.74) is 0.787. The average molecular weight is 767 g/mol. The summed E-state index contributed by atoms with van der Waals surface area (Å²) < 4.78 is 66.1. The number of aromatic nitrogens is 4. The molecule has 0 bridgehead atoms. The van der Waals surface area contributed by atoms with Gasteiger partial charge in [-0.3, -0.25) is 24.6 Å². The number of H-pyrrole nitrogens is 2. The van der Waals surface area contributed by atoms with Crippen LogP contribution in [0.4, 0.5) is 17.6 Å². The van der Waals surface area contributed by atoms with E-state index < -0.39 is 29.5 Å². The number of benzene rings is 2. The number of ether oxygens (including phenoxy) is 2. The normalized spacial score (nSPS) is 17.2. The Morgan fingerprint density at radius 1 is 0.691 bits per heavy atom. The number of carbonyl (C=O) groups excluding carboxylic acids is 3. The monoisotopic (exact) mass is 766 g/mol. The largest absolute Gasteiger partial charge is 0.348 e. The van der Waals surface area contributed by atoms with Crippen molar-refractivity contribution in [2.45, 2.75) is 83.1 Å². The van der Waals surface area contributed by atoms with Gasteiger partial charge in [0.05, 0.1) is 13.2 Å². The predicted molar refractivity (Wildman–Crippen MR) is 192 cm³/mol. The van der Waals surface area contributed by atoms with Gasteiger partial charge in [0.15, 0.2) is 17.2 Å². The molecule has 0 unspecified atom stereocenters. The maximum absolute atomic E-state index is 14.1. The van der Waals surface area contributed by atoms with Gasteiger partial charge in [-0.05, 0) is 62.5 Å². The fraction of sp³-hybridized carbons (Fsp3) is 0.475. The molecule has 2 N–H and O–H groups in total. The van der Waals surface area contributed by atoms with Crippen LogP contribution < -0.4 is 0 Å². The Balaban J connectivity index is 0.000000188. The fourth-order valence-electron chi connectivity index (χ4n) is 7.47. The van der Waals surface area contributed by atoms with E-state index in [-0.39, 0.29) is 41.9 Å². The molecular weight excluding hydrogens is 720 g/mol. The summed E-state index contributed by atoms with van der Waals surface area (Å²) in [5, 5.41) is 11.7. The van der Waals surface area contributed by atoms with E-state index in [2.05, 4.69) is 20.4 Å². The molecule has 3 aliphatic rings. The molecule has 2 aromatic carbocycles. The molecule has 55 heavy (non-hydrogen) atoms. The molecule has 3 heterocycles. The standard InChI is InChI=1S/C21H25F2N3O3.C19H21F2N3O2/c22-17-4-2-1-3-16(17)14-26(20(27)18-13-19(23)25-24-18)10-7-15-5-8-21(9-6-15)28-11-12-29-21;20-16-4-2-1-3-14(16)12-24(19(26)17-11-18(21)23-22-17)10-9-13-5-7-15(25)8-6-13/h1-4,13,15H,5-12,14H2,(H,24,25);1-4,11,13H,5-10,12H2,(H,22,23). The molecule has 11 nitrogen and oxygen atoms in total. The van der Waals surface area contributed by atoms with E-state index in [0.717, 1.165) is 63.5 Å². The second-order valence-corrected chi connectivity index (χ2v) is 14.4. The van der Waals surface area contributed by atoms with Crippen molar-refractivity contribution >= 4 is 17.6 Å². The third-order valence-electron chi connectivity index (χ3n) is 10.7. The Hall–Kier alpha value is -4.89. The zero-order valence-electron chi connectivity index (χ0n) is 30.6. The van der Waals surface area contributed by atoms with Gasteiger partial charge in [-0.25, -0.2) is 8.78 Å². The lowest BCUT2D eigenvalue weighted by atomic mass is 9.83. The number of aromatic amines is 2. The SMILES string of the molecule is O=C(c1cc(F)[nH]n1)N(CCC1CCC2(CC1)OCCO2)Cc1ccccc1F.O=C1CCC(CCN(Cc2ccccc2F)C(=O)c2cc(F)[nH]n2)CC1. The number of Topliss-reactive ketones (excluding diaryl/α,β-unsaturated/α-hetero) is 1. The van der Waals surface area contributed by atoms with Crippen LogP contribution >= 0.6 is 0 Å². The van der Waals surface area contributed by atoms with Crippen LogP contribution in [0.3, 0.4) is 0 Å². The molecular formula is C40H46F4N6O5. The van der Waals surface area contributed by atoms with Gasteiger partial charge in [0.25, 0.3) is 11.8 Å². The number of ketones is 1. The summed E-state index contributed by atoms with van der Waals surface area (Å²) in [6.45, 7) is 2.35. The Kier molecular flexibility index (Phi) is 13.5. The molecule has 4 aromatic rings. The second-order valence-electron chi connectivity index (χ2n) is 14.4. The summed E-state index contributed by atoms with van der Waals surface area (Å²) in [7, 11) is 0. The molecule has 2 amide bonds. The van der Waals surface area contributed by atoms with Gasteiger partial charge < -0.3 is 19.3 Å². The molecule has 1 spiro atoms. The van der Waals surface area contributed by atoms with Gasteiger partial charge in [-0.1, -0.05) is 36.4 Å². The van der Waals surface area contributed by atoms with Crippen molar-refractivity contribution in [3.63, 3.8) is 0 Å². The van der Waals surface area contributed by atoms with Crippen molar-refractivity contribution < 1.29 is 41.4 Å². The molecule has 1 saturated heterocycles. The van der Waals surface area contributed by atoms with Gasteiger partial charge in [0.2, 0.25) is 11.9 Å². The van der Waals surface area contributed by atoms with Crippen LogP contribution in [0.15, 0.2) is 60.7 Å². The van der Waals surface area contributed by atoms with Gasteiger partial charge in [0, 0.05) is 75.1 Å². The maximum Gasteiger partial charge on any atom is 0.274 e. The van der Waals surface area contributed by atoms with Gasteiger partial charge >= 0.3 is 0 Å². The summed E-state index contributed by atoms with van der Waals surface area (Å²) in [4.78, 5) is 40.0. The first-order chi connectivity index (χ1) is 26.6. The Morgan fingerprint density at radius 2 is 1.13 bits per heavy atom. The van der Waals surface area contributed by atoms with E-state index in [0.29, 0.717) is 62.1 Å². The van der Waals surface area contributed by atoms with Gasteiger partial charge in [-0.2, -0.15) is 19.0 Å². The number of carbonyl (C=O) groups is 3. The molecule has 3 fully saturated rings. The molecule has 0 atom stereocenters. The highest BCUT2D eigenvalue weighted by atomic mass is 19.1. The summed E-state index contributed by atoms with van der Waals surface area (Å²) >= 11 is 0. The van der Waals surface area contributed by atoms with Crippen LogP contribution in [0.5, 0.6) is 0 Å². The third-order valence-corrected chi connectivity index (χ3v) is 10.7. The topological polar surface area (TPSA) is 134 Å². The highest BCUT2D eigenvalue weighted by molar-refractivity contribution is 5.92. The maximum atomic E-state index is 14.1. The molecule has 1 aliphatic heterocycles. The zero-order chi connectivity index (χ0) is 38.8. The minimum Gasteiger partial charge on any atom is -0.348 e. The molecule has 2 aromatic heterocycles. The fourth-order valence-corrected chi connectivity index (χ4v) is 7.47. The summed E-state index contributed by atoms with van der Waals surface area (Å²) in [6, 6.07) is 14.7. The lowest BCUT2D eigenvalue weighted by Gasteiger charge is -2.36. The smallest absolute Gasteiger partial charge is 0.274 e. The van der Waals surface area contributed by atoms with E-state index in [1.807, 2.05) is 0 Å². The second kappa shape index (κ2) is 18.6. The van der Waals surface area contributed by atoms with Crippen LogP contribution in [0.25, 0.3) is 0 Å². The first-order valence-electron chi connectivity index (χ1n) is 18.8. The van der Waals surface area contributed by atoms with Crippen LogP contribution in [-0.2, 0) is 27.4 Å². The summed E-state index contributed by atoms with van der Waals surface area (Å²) in [5.74, 6) is -2.31. The highest BCUT2D eigenvalue weighted by Crippen LogP contribution is 2.39. The lowest BCUT2D eigenvalue weighted by molar-refractivity contribution is -0.182. The number of halogens is 4. The third kappa shape index (κ3) is 10.9. The van der Waals surface area contributed by atoms with E-state index >= 15 is 0 Å². The van der Waals surface area contributed by atoms with Crippen LogP contribution in [-0.4, -0.2) is 79.9 Å². The zero-order valence-corrected chi connectivity index (χ0v) is 30.6. The van der Waals surface area contributed by atoms with Crippen molar-refractivity contribution in [2.75, 3.05) is 26.3 Å². The highest BCUT2D eigenvalue weighted by Gasteiger charge is 2.40. The number of hydrogen-bond acceptors (Lipinski definition) is 7. The number of nitrogens with one attached hydrogen (secondary N) is 2. The Morgan fingerprint density at radius 3 is 1.55 bits per heavy atom.